The number of nitrogens with zero attached hydrogens (tertiary/aromatic N) is 3. The first kappa shape index (κ1) is 15.4. The first-order valence-electron chi connectivity index (χ1n) is 7.43. The molecule has 1 heterocycles. The average molecular weight is 286 g/mol. The highest BCUT2D eigenvalue weighted by molar-refractivity contribution is 5.97. The van der Waals surface area contributed by atoms with Gasteiger partial charge in [0.15, 0.2) is 0 Å². The molecule has 112 valence electrons. The number of fused-ring (bicyclic) bond motifs is 1. The molecule has 1 amide bonds. The van der Waals surface area contributed by atoms with Gasteiger partial charge >= 0.3 is 0 Å². The summed E-state index contributed by atoms with van der Waals surface area (Å²) < 4.78 is 0. The van der Waals surface area contributed by atoms with E-state index < -0.39 is 0 Å². The molecule has 0 aliphatic carbocycles. The third kappa shape index (κ3) is 3.36. The Morgan fingerprint density at radius 2 is 1.86 bits per heavy atom. The number of amides is 1. The van der Waals surface area contributed by atoms with Crippen LogP contribution in [0.15, 0.2) is 30.6 Å². The van der Waals surface area contributed by atoms with Gasteiger partial charge in [-0.2, -0.15) is 0 Å². The minimum atomic E-state index is 0.0155. The van der Waals surface area contributed by atoms with Crippen LogP contribution in [0, 0.1) is 0 Å². The van der Waals surface area contributed by atoms with Gasteiger partial charge in [0.1, 0.15) is 0 Å². The summed E-state index contributed by atoms with van der Waals surface area (Å²) in [5.41, 5.74) is 7.84. The lowest BCUT2D eigenvalue weighted by molar-refractivity contribution is 0.0674. The van der Waals surface area contributed by atoms with Gasteiger partial charge in [-0.1, -0.05) is 13.8 Å². The number of nitrogens with two attached hydrogens (primary N) is 1. The van der Waals surface area contributed by atoms with E-state index in [1.165, 1.54) is 0 Å². The van der Waals surface area contributed by atoms with Crippen molar-refractivity contribution in [2.45, 2.75) is 32.7 Å². The molecular formula is C16H22N4O. The predicted octanol–water partition coefficient (Wildman–Crippen LogP) is 2.22. The number of aromatic nitrogens is 2. The highest BCUT2D eigenvalue weighted by Gasteiger charge is 2.21. The minimum absolute atomic E-state index is 0.0155. The Morgan fingerprint density at radius 3 is 2.48 bits per heavy atom. The number of hydrogen-bond acceptors (Lipinski definition) is 4. The lowest BCUT2D eigenvalue weighted by Gasteiger charge is -2.30. The second-order valence-electron chi connectivity index (χ2n) is 5.02. The van der Waals surface area contributed by atoms with Gasteiger partial charge in [-0.15, -0.1) is 0 Å². The third-order valence-corrected chi connectivity index (χ3v) is 3.73. The lowest BCUT2D eigenvalue weighted by atomic mass is 10.1. The van der Waals surface area contributed by atoms with Gasteiger partial charge < -0.3 is 10.6 Å². The van der Waals surface area contributed by atoms with Crippen molar-refractivity contribution in [1.82, 2.24) is 14.9 Å². The van der Waals surface area contributed by atoms with Crippen molar-refractivity contribution in [1.29, 1.82) is 0 Å². The van der Waals surface area contributed by atoms with E-state index in [9.17, 15) is 4.79 Å². The van der Waals surface area contributed by atoms with Crippen LogP contribution < -0.4 is 5.73 Å². The monoisotopic (exact) mass is 286 g/mol. The summed E-state index contributed by atoms with van der Waals surface area (Å²) in [7, 11) is 0. The van der Waals surface area contributed by atoms with Gasteiger partial charge in [-0.05, 0) is 31.0 Å². The van der Waals surface area contributed by atoms with E-state index in [0.717, 1.165) is 23.9 Å². The van der Waals surface area contributed by atoms with E-state index in [0.29, 0.717) is 18.7 Å². The Hall–Kier alpha value is -2.01. The Balaban J connectivity index is 2.33. The van der Waals surface area contributed by atoms with Crippen molar-refractivity contribution < 1.29 is 4.79 Å². The molecule has 5 nitrogen and oxygen atoms in total. The number of benzene rings is 1. The average Bonchev–Trinajstić information content (AvgIpc) is 2.54. The lowest BCUT2D eigenvalue weighted by Crippen LogP contribution is -2.42. The van der Waals surface area contributed by atoms with Crippen LogP contribution in [-0.2, 0) is 0 Å². The quantitative estimate of drug-likeness (QED) is 0.883. The van der Waals surface area contributed by atoms with Gasteiger partial charge in [0.2, 0.25) is 0 Å². The van der Waals surface area contributed by atoms with Gasteiger partial charge in [0, 0.05) is 37.1 Å². The molecule has 2 N–H and O–H groups in total. The van der Waals surface area contributed by atoms with Crippen molar-refractivity contribution >= 4 is 16.9 Å². The highest BCUT2D eigenvalue weighted by Crippen LogP contribution is 2.16. The van der Waals surface area contributed by atoms with Gasteiger partial charge in [0.25, 0.3) is 5.91 Å². The summed E-state index contributed by atoms with van der Waals surface area (Å²) in [5, 5.41) is 0. The van der Waals surface area contributed by atoms with Crippen LogP contribution in [0.5, 0.6) is 0 Å². The second-order valence-corrected chi connectivity index (χ2v) is 5.02. The van der Waals surface area contributed by atoms with E-state index >= 15 is 0 Å². The summed E-state index contributed by atoms with van der Waals surface area (Å²) in [4.78, 5) is 23.1. The zero-order valence-electron chi connectivity index (χ0n) is 12.6. The smallest absolute Gasteiger partial charge is 0.254 e. The third-order valence-electron chi connectivity index (χ3n) is 3.73. The molecule has 0 saturated heterocycles. The molecule has 21 heavy (non-hydrogen) atoms. The topological polar surface area (TPSA) is 72.1 Å². The fourth-order valence-electron chi connectivity index (χ4n) is 2.58. The van der Waals surface area contributed by atoms with E-state index in [4.69, 9.17) is 5.73 Å². The maximum absolute atomic E-state index is 12.8. The molecule has 0 saturated carbocycles. The van der Waals surface area contributed by atoms with Gasteiger partial charge in [0.05, 0.1) is 11.0 Å². The fourth-order valence-corrected chi connectivity index (χ4v) is 2.58. The molecule has 0 aliphatic heterocycles. The second kappa shape index (κ2) is 7.13. The fraction of sp³-hybridized carbons (Fsp3) is 0.438. The molecule has 0 aliphatic rings. The number of carbonyl (C=O) groups is 1. The van der Waals surface area contributed by atoms with Gasteiger partial charge in [-0.25, -0.2) is 0 Å². The zero-order chi connectivity index (χ0) is 15.2. The molecule has 0 atom stereocenters. The van der Waals surface area contributed by atoms with Crippen molar-refractivity contribution in [3.05, 3.63) is 36.2 Å². The number of hydrogen-bond donors (Lipinski definition) is 1. The van der Waals surface area contributed by atoms with E-state index in [2.05, 4.69) is 23.8 Å². The minimum Gasteiger partial charge on any atom is -0.334 e. The first-order valence-corrected chi connectivity index (χ1v) is 7.43. The Labute approximate surface area is 125 Å². The SMILES string of the molecule is CCC(CC)N(CCN)C(=O)c1ccc2nccnc2c1. The van der Waals surface area contributed by atoms with Crippen molar-refractivity contribution in [2.75, 3.05) is 13.1 Å². The zero-order valence-corrected chi connectivity index (χ0v) is 12.6. The molecule has 0 radical (unpaired) electrons. The molecule has 2 rings (SSSR count). The van der Waals surface area contributed by atoms with Crippen LogP contribution in [0.25, 0.3) is 11.0 Å². The molecule has 1 aromatic heterocycles. The predicted molar refractivity (Wildman–Crippen MR) is 84.0 cm³/mol. The molecule has 0 bridgehead atoms. The van der Waals surface area contributed by atoms with E-state index in [-0.39, 0.29) is 11.9 Å². The van der Waals surface area contributed by atoms with Crippen LogP contribution >= 0.6 is 0 Å². The summed E-state index contributed by atoms with van der Waals surface area (Å²) in [6.45, 7) is 5.23. The summed E-state index contributed by atoms with van der Waals surface area (Å²) in [5.74, 6) is 0.0155. The standard InChI is InChI=1S/C16H22N4O/c1-3-13(4-2)20(10-7-17)16(21)12-5-6-14-15(11-12)19-9-8-18-14/h5-6,8-9,11,13H,3-4,7,10,17H2,1-2H3. The highest BCUT2D eigenvalue weighted by atomic mass is 16.2. The molecule has 0 fully saturated rings. The molecule has 0 unspecified atom stereocenters. The Kier molecular flexibility index (Phi) is 5.22. The maximum Gasteiger partial charge on any atom is 0.254 e. The molecule has 5 heteroatoms. The van der Waals surface area contributed by atoms with Crippen LogP contribution in [0.2, 0.25) is 0 Å². The number of rotatable bonds is 6. The van der Waals surface area contributed by atoms with E-state index in [1.807, 2.05) is 17.0 Å². The Bertz CT molecular complexity index is 610. The molecular weight excluding hydrogens is 264 g/mol. The summed E-state index contributed by atoms with van der Waals surface area (Å²) >= 11 is 0. The van der Waals surface area contributed by atoms with Crippen molar-refractivity contribution in [2.24, 2.45) is 5.73 Å². The van der Waals surface area contributed by atoms with Crippen molar-refractivity contribution in [3.63, 3.8) is 0 Å². The van der Waals surface area contributed by atoms with Crippen LogP contribution in [0.1, 0.15) is 37.0 Å². The number of carbonyl (C=O) groups excluding carboxylic acids is 1. The van der Waals surface area contributed by atoms with Crippen LogP contribution in [0.4, 0.5) is 0 Å². The van der Waals surface area contributed by atoms with Crippen LogP contribution in [-0.4, -0.2) is 39.9 Å². The van der Waals surface area contributed by atoms with E-state index in [1.54, 1.807) is 18.5 Å². The summed E-state index contributed by atoms with van der Waals surface area (Å²) in [6.07, 6.45) is 5.13. The molecule has 0 spiro atoms. The largest absolute Gasteiger partial charge is 0.334 e. The normalized spacial score (nSPS) is 11.0. The first-order chi connectivity index (χ1) is 10.2. The molecule has 2 aromatic rings. The Morgan fingerprint density at radius 1 is 1.19 bits per heavy atom. The summed E-state index contributed by atoms with van der Waals surface area (Å²) in [6, 6.07) is 5.67. The van der Waals surface area contributed by atoms with Gasteiger partial charge in [-0.3, -0.25) is 14.8 Å². The molecule has 1 aromatic carbocycles. The maximum atomic E-state index is 12.8. The van der Waals surface area contributed by atoms with Crippen molar-refractivity contribution in [3.8, 4) is 0 Å². The van der Waals surface area contributed by atoms with Crippen LogP contribution in [0.3, 0.4) is 0 Å².